The molecule has 0 saturated heterocycles. The Morgan fingerprint density at radius 1 is 1.41 bits per heavy atom. The van der Waals surface area contributed by atoms with Gasteiger partial charge in [0.25, 0.3) is 0 Å². The van der Waals surface area contributed by atoms with Crippen LogP contribution in [-0.4, -0.2) is 38.9 Å². The lowest BCUT2D eigenvalue weighted by Crippen LogP contribution is -2.39. The number of thioether (sulfide) groups is 1. The number of hydrogen-bond donors (Lipinski definition) is 1. The molecule has 2 amide bonds. The molecule has 3 rings (SSSR count). The minimum Gasteiger partial charge on any atom is -0.467 e. The Morgan fingerprint density at radius 3 is 2.81 bits per heavy atom. The highest BCUT2D eigenvalue weighted by Crippen LogP contribution is 2.26. The van der Waals surface area contributed by atoms with Crippen LogP contribution in [0.3, 0.4) is 0 Å². The van der Waals surface area contributed by atoms with Crippen molar-refractivity contribution < 1.29 is 18.5 Å². The van der Waals surface area contributed by atoms with Crippen LogP contribution in [0, 0.1) is 6.92 Å². The van der Waals surface area contributed by atoms with E-state index in [0.717, 1.165) is 31.4 Å². The Bertz CT molecular complexity index is 753. The van der Waals surface area contributed by atoms with Crippen molar-refractivity contribution in [1.82, 2.24) is 10.1 Å². The third-order valence-electron chi connectivity index (χ3n) is 4.70. The van der Waals surface area contributed by atoms with Crippen molar-refractivity contribution in [3.63, 3.8) is 0 Å². The molecule has 1 fully saturated rings. The molecule has 0 aromatic carbocycles. The van der Waals surface area contributed by atoms with Gasteiger partial charge in [0.05, 0.1) is 23.8 Å². The number of anilines is 1. The zero-order valence-electron chi connectivity index (χ0n) is 15.6. The minimum atomic E-state index is -0.375. The van der Waals surface area contributed by atoms with Gasteiger partial charge < -0.3 is 19.2 Å². The Labute approximate surface area is 162 Å². The van der Waals surface area contributed by atoms with Gasteiger partial charge in [-0.05, 0) is 38.8 Å². The highest BCUT2D eigenvalue weighted by molar-refractivity contribution is 8.01. The second-order valence-corrected chi connectivity index (χ2v) is 8.13. The van der Waals surface area contributed by atoms with Gasteiger partial charge in [0.15, 0.2) is 5.82 Å². The molecule has 0 aliphatic heterocycles. The molecule has 27 heavy (non-hydrogen) atoms. The number of aromatic nitrogens is 1. The molecule has 7 nitrogen and oxygen atoms in total. The largest absolute Gasteiger partial charge is 0.467 e. The fourth-order valence-corrected chi connectivity index (χ4v) is 3.98. The van der Waals surface area contributed by atoms with Crippen LogP contribution in [0.25, 0.3) is 0 Å². The van der Waals surface area contributed by atoms with Gasteiger partial charge in [-0.2, -0.15) is 0 Å². The third-order valence-corrected chi connectivity index (χ3v) is 5.83. The Balaban J connectivity index is 1.53. The van der Waals surface area contributed by atoms with E-state index in [9.17, 15) is 9.59 Å². The molecule has 1 aliphatic rings. The fourth-order valence-electron chi connectivity index (χ4n) is 3.22. The van der Waals surface area contributed by atoms with E-state index in [0.29, 0.717) is 18.1 Å². The number of rotatable bonds is 8. The highest BCUT2D eigenvalue weighted by atomic mass is 32.2. The summed E-state index contributed by atoms with van der Waals surface area (Å²) in [7, 11) is 0. The van der Waals surface area contributed by atoms with Gasteiger partial charge in [-0.1, -0.05) is 18.0 Å². The van der Waals surface area contributed by atoms with Gasteiger partial charge >= 0.3 is 0 Å². The number of amides is 2. The zero-order chi connectivity index (χ0) is 19.2. The molecule has 0 bridgehead atoms. The van der Waals surface area contributed by atoms with Crippen LogP contribution in [0.5, 0.6) is 0 Å². The van der Waals surface area contributed by atoms with Crippen LogP contribution in [0.1, 0.15) is 44.1 Å². The lowest BCUT2D eigenvalue weighted by atomic mass is 10.2. The summed E-state index contributed by atoms with van der Waals surface area (Å²) in [5.74, 6) is 1.91. The van der Waals surface area contributed by atoms with Crippen molar-refractivity contribution in [1.29, 1.82) is 0 Å². The van der Waals surface area contributed by atoms with Crippen LogP contribution in [-0.2, 0) is 16.1 Å². The summed E-state index contributed by atoms with van der Waals surface area (Å²) in [6.07, 6.45) is 5.97. The van der Waals surface area contributed by atoms with Gasteiger partial charge in [0.1, 0.15) is 11.5 Å². The van der Waals surface area contributed by atoms with Crippen LogP contribution >= 0.6 is 11.8 Å². The first-order chi connectivity index (χ1) is 13.0. The molecule has 146 valence electrons. The predicted molar refractivity (Wildman–Crippen MR) is 103 cm³/mol. The first kappa shape index (κ1) is 19.5. The summed E-state index contributed by atoms with van der Waals surface area (Å²) in [5.41, 5.74) is 0. The highest BCUT2D eigenvalue weighted by Gasteiger charge is 2.28. The summed E-state index contributed by atoms with van der Waals surface area (Å²) in [6, 6.07) is 5.63. The lowest BCUT2D eigenvalue weighted by Gasteiger charge is -2.28. The Hall–Kier alpha value is -2.22. The third kappa shape index (κ3) is 5.38. The van der Waals surface area contributed by atoms with Crippen molar-refractivity contribution in [3.8, 4) is 0 Å². The number of nitrogens with one attached hydrogen (secondary N) is 1. The summed E-state index contributed by atoms with van der Waals surface area (Å²) < 4.78 is 10.4. The molecule has 0 radical (unpaired) electrons. The van der Waals surface area contributed by atoms with E-state index in [1.165, 1.54) is 11.8 Å². The van der Waals surface area contributed by atoms with Crippen molar-refractivity contribution in [2.45, 2.75) is 57.4 Å². The monoisotopic (exact) mass is 391 g/mol. The molecule has 1 atom stereocenters. The van der Waals surface area contributed by atoms with E-state index in [-0.39, 0.29) is 28.9 Å². The van der Waals surface area contributed by atoms with Gasteiger partial charge in [-0.25, -0.2) is 0 Å². The molecule has 1 unspecified atom stereocenters. The molecule has 2 aromatic heterocycles. The normalized spacial score (nSPS) is 15.6. The predicted octanol–water partition coefficient (Wildman–Crippen LogP) is 3.61. The number of aryl methyl sites for hydroxylation is 1. The molecule has 2 heterocycles. The maximum Gasteiger partial charge on any atom is 0.238 e. The minimum absolute atomic E-state index is 0.0419. The standard InChI is InChI=1S/C19H25N3O4S/c1-13-10-17(21-26-13)20-19(24)14(2)27-12-18(23)22(15-6-3-4-7-15)11-16-8-5-9-25-16/h5,8-10,14-15H,3-4,6-7,11-12H2,1-2H3,(H,20,21,24). The smallest absolute Gasteiger partial charge is 0.238 e. The zero-order valence-corrected chi connectivity index (χ0v) is 16.5. The molecular weight excluding hydrogens is 366 g/mol. The summed E-state index contributed by atoms with van der Waals surface area (Å²) in [6.45, 7) is 4.03. The lowest BCUT2D eigenvalue weighted by molar-refractivity contribution is -0.131. The number of carbonyl (C=O) groups is 2. The van der Waals surface area contributed by atoms with Crippen LogP contribution < -0.4 is 5.32 Å². The van der Waals surface area contributed by atoms with E-state index in [2.05, 4.69) is 10.5 Å². The molecule has 0 spiro atoms. The number of furan rings is 1. The van der Waals surface area contributed by atoms with Crippen molar-refractivity contribution in [2.75, 3.05) is 11.1 Å². The fraction of sp³-hybridized carbons (Fsp3) is 0.526. The molecule has 1 saturated carbocycles. The summed E-state index contributed by atoms with van der Waals surface area (Å²) in [4.78, 5) is 27.0. The van der Waals surface area contributed by atoms with E-state index < -0.39 is 0 Å². The number of hydrogen-bond acceptors (Lipinski definition) is 6. The second kappa shape index (κ2) is 9.12. The van der Waals surface area contributed by atoms with E-state index in [1.54, 1.807) is 26.2 Å². The van der Waals surface area contributed by atoms with E-state index in [1.807, 2.05) is 17.0 Å². The van der Waals surface area contributed by atoms with Crippen molar-refractivity contribution >= 4 is 29.4 Å². The van der Waals surface area contributed by atoms with Crippen LogP contribution in [0.4, 0.5) is 5.82 Å². The van der Waals surface area contributed by atoms with Crippen molar-refractivity contribution in [3.05, 3.63) is 36.0 Å². The number of nitrogens with zero attached hydrogens (tertiary/aromatic N) is 2. The van der Waals surface area contributed by atoms with Gasteiger partial charge in [-0.15, -0.1) is 11.8 Å². The van der Waals surface area contributed by atoms with Crippen molar-refractivity contribution in [2.24, 2.45) is 0 Å². The second-order valence-electron chi connectivity index (χ2n) is 6.80. The molecule has 1 aliphatic carbocycles. The van der Waals surface area contributed by atoms with Crippen LogP contribution in [0.2, 0.25) is 0 Å². The molecular formula is C19H25N3O4S. The average molecular weight is 391 g/mol. The average Bonchev–Trinajstić information content (AvgIpc) is 3.40. The first-order valence-corrected chi connectivity index (χ1v) is 10.3. The van der Waals surface area contributed by atoms with Gasteiger partial charge in [0, 0.05) is 12.1 Å². The van der Waals surface area contributed by atoms with Gasteiger partial charge in [0.2, 0.25) is 11.8 Å². The quantitative estimate of drug-likeness (QED) is 0.739. The topological polar surface area (TPSA) is 88.6 Å². The van der Waals surface area contributed by atoms with E-state index in [4.69, 9.17) is 8.94 Å². The summed E-state index contributed by atoms with van der Waals surface area (Å²) in [5, 5.41) is 6.08. The van der Waals surface area contributed by atoms with Gasteiger partial charge in [-0.3, -0.25) is 9.59 Å². The van der Waals surface area contributed by atoms with Crippen LogP contribution in [0.15, 0.2) is 33.4 Å². The van der Waals surface area contributed by atoms with E-state index >= 15 is 0 Å². The Morgan fingerprint density at radius 2 is 2.19 bits per heavy atom. The maximum absolute atomic E-state index is 12.8. The molecule has 2 aromatic rings. The molecule has 1 N–H and O–H groups in total. The number of carbonyl (C=O) groups excluding carboxylic acids is 2. The first-order valence-electron chi connectivity index (χ1n) is 9.20. The summed E-state index contributed by atoms with van der Waals surface area (Å²) >= 11 is 1.33. The Kier molecular flexibility index (Phi) is 6.60. The maximum atomic E-state index is 12.8. The molecule has 8 heteroatoms. The SMILES string of the molecule is Cc1cc(NC(=O)C(C)SCC(=O)N(Cc2ccco2)C2CCCC2)no1.